The zero-order valence-corrected chi connectivity index (χ0v) is 6.45. The van der Waals surface area contributed by atoms with Crippen molar-refractivity contribution in [3.05, 3.63) is 10.1 Å². The van der Waals surface area contributed by atoms with Gasteiger partial charge in [0.1, 0.15) is 12.6 Å². The average molecular weight is 186 g/mol. The number of aliphatic hydroxyl groups is 1. The van der Waals surface area contributed by atoms with Crippen molar-refractivity contribution >= 4 is 5.95 Å². The summed E-state index contributed by atoms with van der Waals surface area (Å²) < 4.78 is 6.28. The number of ether oxygens (including phenoxy) is 1. The highest BCUT2D eigenvalue weighted by molar-refractivity contribution is 5.11. The van der Waals surface area contributed by atoms with Gasteiger partial charge >= 0.3 is 12.0 Å². The first-order valence-electron chi connectivity index (χ1n) is 3.57. The van der Waals surface area contributed by atoms with Crippen LogP contribution in [0, 0.1) is 10.1 Å². The second kappa shape index (κ2) is 2.66. The smallest absolute Gasteiger partial charge is 0.443 e. The SMILES string of the molecule is O=[N+]([O-])c1nc2n(n1)CC(CO)O2. The highest BCUT2D eigenvalue weighted by Crippen LogP contribution is 2.20. The van der Waals surface area contributed by atoms with E-state index in [1.54, 1.807) is 0 Å². The normalized spacial score (nSPS) is 19.6. The van der Waals surface area contributed by atoms with Crippen LogP contribution >= 0.6 is 0 Å². The maximum Gasteiger partial charge on any atom is 0.494 e. The molecule has 13 heavy (non-hydrogen) atoms. The van der Waals surface area contributed by atoms with Crippen LogP contribution in [0.1, 0.15) is 0 Å². The van der Waals surface area contributed by atoms with E-state index in [1.807, 2.05) is 0 Å². The average Bonchev–Trinajstić information content (AvgIpc) is 2.58. The zero-order chi connectivity index (χ0) is 9.42. The molecule has 0 saturated heterocycles. The fourth-order valence-corrected chi connectivity index (χ4v) is 1.07. The molecule has 0 fully saturated rings. The molecule has 8 heteroatoms. The van der Waals surface area contributed by atoms with Crippen molar-refractivity contribution in [3.63, 3.8) is 0 Å². The highest BCUT2D eigenvalue weighted by Gasteiger charge is 2.32. The molecule has 0 bridgehead atoms. The van der Waals surface area contributed by atoms with Gasteiger partial charge in [0.2, 0.25) is 0 Å². The number of fused-ring (bicyclic) bond motifs is 1. The van der Waals surface area contributed by atoms with Crippen molar-refractivity contribution in [1.82, 2.24) is 14.8 Å². The molecule has 0 saturated carbocycles. The summed E-state index contributed by atoms with van der Waals surface area (Å²) in [6.45, 7) is 0.144. The zero-order valence-electron chi connectivity index (χ0n) is 6.45. The molecular weight excluding hydrogens is 180 g/mol. The van der Waals surface area contributed by atoms with Gasteiger partial charge in [0.15, 0.2) is 0 Å². The van der Waals surface area contributed by atoms with Crippen molar-refractivity contribution in [2.45, 2.75) is 12.6 Å². The van der Waals surface area contributed by atoms with Crippen LogP contribution in [-0.4, -0.2) is 37.5 Å². The van der Waals surface area contributed by atoms with Crippen LogP contribution in [0.2, 0.25) is 0 Å². The Morgan fingerprint density at radius 1 is 1.85 bits per heavy atom. The fourth-order valence-electron chi connectivity index (χ4n) is 1.07. The van der Waals surface area contributed by atoms with Gasteiger partial charge in [-0.3, -0.25) is 0 Å². The third-order valence-electron chi connectivity index (χ3n) is 1.64. The molecule has 1 aliphatic heterocycles. The van der Waals surface area contributed by atoms with Gasteiger partial charge in [-0.15, -0.1) is 4.68 Å². The van der Waals surface area contributed by atoms with E-state index in [0.717, 1.165) is 0 Å². The number of nitrogens with zero attached hydrogens (tertiary/aromatic N) is 4. The number of nitro groups is 1. The molecule has 2 rings (SSSR count). The van der Waals surface area contributed by atoms with Crippen LogP contribution in [0.3, 0.4) is 0 Å². The Morgan fingerprint density at radius 3 is 3.15 bits per heavy atom. The minimum Gasteiger partial charge on any atom is -0.443 e. The predicted octanol–water partition coefficient (Wildman–Crippen LogP) is -1.06. The van der Waals surface area contributed by atoms with E-state index in [2.05, 4.69) is 10.1 Å². The first-order chi connectivity index (χ1) is 6.20. The molecule has 1 aromatic heterocycles. The minimum atomic E-state index is -0.692. The van der Waals surface area contributed by atoms with Crippen molar-refractivity contribution in [2.75, 3.05) is 6.61 Å². The molecule has 0 radical (unpaired) electrons. The van der Waals surface area contributed by atoms with Gasteiger partial charge in [-0.2, -0.15) is 0 Å². The Morgan fingerprint density at radius 2 is 2.62 bits per heavy atom. The van der Waals surface area contributed by atoms with Gasteiger partial charge in [-0.25, -0.2) is 0 Å². The number of rotatable bonds is 2. The molecule has 1 unspecified atom stereocenters. The maximum absolute atomic E-state index is 10.2. The lowest BCUT2D eigenvalue weighted by Gasteiger charge is -2.00. The van der Waals surface area contributed by atoms with E-state index >= 15 is 0 Å². The summed E-state index contributed by atoms with van der Waals surface area (Å²) in [6, 6.07) is 0.0887. The molecule has 1 atom stereocenters. The van der Waals surface area contributed by atoms with Gasteiger partial charge in [0, 0.05) is 5.10 Å². The van der Waals surface area contributed by atoms with E-state index in [0.29, 0.717) is 6.54 Å². The van der Waals surface area contributed by atoms with Gasteiger partial charge < -0.3 is 20.0 Å². The van der Waals surface area contributed by atoms with Gasteiger partial charge in [-0.1, -0.05) is 0 Å². The molecule has 0 aromatic carbocycles. The molecule has 0 spiro atoms. The van der Waals surface area contributed by atoms with Crippen molar-refractivity contribution < 1.29 is 14.8 Å². The van der Waals surface area contributed by atoms with E-state index in [1.165, 1.54) is 4.68 Å². The van der Waals surface area contributed by atoms with Crippen molar-refractivity contribution in [2.24, 2.45) is 0 Å². The Labute approximate surface area is 71.9 Å². The topological polar surface area (TPSA) is 103 Å². The maximum atomic E-state index is 10.2. The summed E-state index contributed by atoms with van der Waals surface area (Å²) in [6.07, 6.45) is -0.393. The second-order valence-corrected chi connectivity index (χ2v) is 2.56. The molecular formula is C5H6N4O4. The molecule has 8 nitrogen and oxygen atoms in total. The summed E-state index contributed by atoms with van der Waals surface area (Å²) in [7, 11) is 0. The lowest BCUT2D eigenvalue weighted by Crippen LogP contribution is -2.19. The Bertz CT molecular complexity index is 325. The summed E-state index contributed by atoms with van der Waals surface area (Å²) in [5, 5.41) is 22.5. The largest absolute Gasteiger partial charge is 0.494 e. The number of hydrogen-bond donors (Lipinski definition) is 1. The van der Waals surface area contributed by atoms with Crippen LogP contribution in [0.5, 0.6) is 6.01 Å². The Hall–Kier alpha value is -1.70. The van der Waals surface area contributed by atoms with Crippen LogP contribution < -0.4 is 4.74 Å². The van der Waals surface area contributed by atoms with E-state index < -0.39 is 17.0 Å². The van der Waals surface area contributed by atoms with Crippen LogP contribution in [0.25, 0.3) is 0 Å². The number of aliphatic hydroxyl groups excluding tert-OH is 1. The summed E-state index contributed by atoms with van der Waals surface area (Å²) in [5.41, 5.74) is 0. The molecule has 0 amide bonds. The van der Waals surface area contributed by atoms with Gasteiger partial charge in [-0.05, 0) is 9.91 Å². The molecule has 0 aliphatic carbocycles. The van der Waals surface area contributed by atoms with Crippen LogP contribution in [0.4, 0.5) is 5.95 Å². The monoisotopic (exact) mass is 186 g/mol. The molecule has 1 N–H and O–H groups in total. The summed E-state index contributed by atoms with van der Waals surface area (Å²) in [5.74, 6) is -0.480. The number of aromatic nitrogens is 3. The van der Waals surface area contributed by atoms with E-state index in [-0.39, 0.29) is 12.6 Å². The van der Waals surface area contributed by atoms with Gasteiger partial charge in [0.05, 0.1) is 6.61 Å². The van der Waals surface area contributed by atoms with Gasteiger partial charge in [0.25, 0.3) is 0 Å². The second-order valence-electron chi connectivity index (χ2n) is 2.56. The predicted molar refractivity (Wildman–Crippen MR) is 38.2 cm³/mol. The van der Waals surface area contributed by atoms with Crippen LogP contribution in [-0.2, 0) is 6.54 Å². The molecule has 1 aromatic rings. The fraction of sp³-hybridized carbons (Fsp3) is 0.600. The van der Waals surface area contributed by atoms with Crippen molar-refractivity contribution in [1.29, 1.82) is 0 Å². The number of hydrogen-bond acceptors (Lipinski definition) is 6. The Kier molecular flexibility index (Phi) is 1.62. The summed E-state index contributed by atoms with van der Waals surface area (Å²) >= 11 is 0. The third kappa shape index (κ3) is 1.20. The lowest BCUT2D eigenvalue weighted by molar-refractivity contribution is -0.394. The summed E-state index contributed by atoms with van der Waals surface area (Å²) in [4.78, 5) is 13.0. The Balaban J connectivity index is 2.23. The molecule has 1 aliphatic rings. The molecule has 2 heterocycles. The first kappa shape index (κ1) is 7.92. The van der Waals surface area contributed by atoms with Crippen molar-refractivity contribution in [3.8, 4) is 6.01 Å². The van der Waals surface area contributed by atoms with E-state index in [9.17, 15) is 10.1 Å². The lowest BCUT2D eigenvalue weighted by atomic mass is 10.4. The molecule has 70 valence electrons. The highest BCUT2D eigenvalue weighted by atomic mass is 16.6. The third-order valence-corrected chi connectivity index (χ3v) is 1.64. The van der Waals surface area contributed by atoms with Crippen LogP contribution in [0.15, 0.2) is 0 Å². The standard InChI is InChI=1S/C5H6N4O4/c10-2-3-1-8-5(13-3)6-4(7-8)9(11)12/h3,10H,1-2H2. The van der Waals surface area contributed by atoms with E-state index in [4.69, 9.17) is 9.84 Å². The minimum absolute atomic E-state index is 0.0887. The quantitative estimate of drug-likeness (QED) is 0.466. The first-order valence-corrected chi connectivity index (χ1v) is 3.57.